The van der Waals surface area contributed by atoms with Crippen molar-refractivity contribution in [1.29, 1.82) is 0 Å². The molecule has 9 heteroatoms. The first-order valence-corrected chi connectivity index (χ1v) is 8.32. The molecule has 0 saturated carbocycles. The zero-order chi connectivity index (χ0) is 14.0. The third-order valence-corrected chi connectivity index (χ3v) is 6.05. The number of methoxy groups -OCH3 is 1. The largest absolute Gasteiger partial charge is 0.495 e. The zero-order valence-corrected chi connectivity index (χ0v) is 14.7. The molecule has 20 heavy (non-hydrogen) atoms. The van der Waals surface area contributed by atoms with Crippen LogP contribution in [0.4, 0.5) is 0 Å². The van der Waals surface area contributed by atoms with E-state index in [0.29, 0.717) is 36.4 Å². The smallest absolute Gasteiger partial charge is 0.244 e. The Morgan fingerprint density at radius 2 is 1.95 bits per heavy atom. The van der Waals surface area contributed by atoms with Crippen LogP contribution in [-0.4, -0.2) is 46.0 Å². The minimum Gasteiger partial charge on any atom is -0.495 e. The number of hydrogen-bond acceptors (Lipinski definition) is 4. The lowest BCUT2D eigenvalue weighted by atomic mass is 10.3. The summed E-state index contributed by atoms with van der Waals surface area (Å²) in [4.78, 5) is 0.167. The monoisotopic (exact) mass is 404 g/mol. The van der Waals surface area contributed by atoms with E-state index < -0.39 is 10.0 Å². The fourth-order valence-electron chi connectivity index (χ4n) is 1.89. The van der Waals surface area contributed by atoms with Gasteiger partial charge in [-0.2, -0.15) is 4.31 Å². The van der Waals surface area contributed by atoms with Gasteiger partial charge in [-0.3, -0.25) is 0 Å². The highest BCUT2D eigenvalue weighted by Gasteiger charge is 2.28. The molecule has 1 N–H and O–H groups in total. The van der Waals surface area contributed by atoms with Crippen LogP contribution < -0.4 is 10.1 Å². The Morgan fingerprint density at radius 1 is 1.35 bits per heavy atom. The summed E-state index contributed by atoms with van der Waals surface area (Å²) >= 11 is 9.27. The Balaban J connectivity index is 0.00000200. The predicted molar refractivity (Wildman–Crippen MR) is 84.6 cm³/mol. The number of hydrogen-bond donors (Lipinski definition) is 1. The summed E-state index contributed by atoms with van der Waals surface area (Å²) in [5.41, 5.74) is 0. The van der Waals surface area contributed by atoms with Gasteiger partial charge < -0.3 is 10.1 Å². The van der Waals surface area contributed by atoms with Crippen LogP contribution in [0.3, 0.4) is 0 Å². The molecule has 0 aromatic heterocycles. The van der Waals surface area contributed by atoms with Crippen molar-refractivity contribution >= 4 is 50.0 Å². The van der Waals surface area contributed by atoms with Gasteiger partial charge in [0.05, 0.1) is 17.0 Å². The molecular formula is C11H15BrCl2N2O3S. The first-order chi connectivity index (χ1) is 8.96. The van der Waals surface area contributed by atoms with Crippen molar-refractivity contribution in [3.63, 3.8) is 0 Å². The number of piperazine rings is 1. The van der Waals surface area contributed by atoms with Gasteiger partial charge in [-0.25, -0.2) is 8.42 Å². The van der Waals surface area contributed by atoms with Gasteiger partial charge in [-0.15, -0.1) is 12.4 Å². The summed E-state index contributed by atoms with van der Waals surface area (Å²) in [5.74, 6) is 0.438. The van der Waals surface area contributed by atoms with Crippen LogP contribution >= 0.6 is 39.9 Å². The molecular weight excluding hydrogens is 391 g/mol. The quantitative estimate of drug-likeness (QED) is 0.836. The van der Waals surface area contributed by atoms with E-state index in [9.17, 15) is 8.42 Å². The third-order valence-electron chi connectivity index (χ3n) is 2.90. The molecule has 0 radical (unpaired) electrons. The molecule has 1 saturated heterocycles. The van der Waals surface area contributed by atoms with Gasteiger partial charge in [0, 0.05) is 30.7 Å². The number of sulfonamides is 1. The molecule has 2 rings (SSSR count). The molecule has 1 aromatic rings. The van der Waals surface area contributed by atoms with E-state index in [1.54, 1.807) is 6.07 Å². The van der Waals surface area contributed by atoms with Crippen molar-refractivity contribution in [2.24, 2.45) is 0 Å². The number of nitrogens with zero attached hydrogens (tertiary/aromatic N) is 1. The van der Waals surface area contributed by atoms with Crippen molar-refractivity contribution in [3.8, 4) is 5.75 Å². The van der Waals surface area contributed by atoms with Crippen molar-refractivity contribution < 1.29 is 13.2 Å². The predicted octanol–water partition coefficient (Wildman–Crippen LogP) is 2.13. The fraction of sp³-hybridized carbons (Fsp3) is 0.455. The molecule has 5 nitrogen and oxygen atoms in total. The van der Waals surface area contributed by atoms with E-state index in [0.717, 1.165) is 0 Å². The summed E-state index contributed by atoms with van der Waals surface area (Å²) in [7, 11) is -2.05. The molecule has 0 aliphatic carbocycles. The topological polar surface area (TPSA) is 58.6 Å². The van der Waals surface area contributed by atoms with Gasteiger partial charge in [0.15, 0.2) is 0 Å². The van der Waals surface area contributed by atoms with Crippen LogP contribution in [0.2, 0.25) is 5.02 Å². The van der Waals surface area contributed by atoms with Gasteiger partial charge in [0.1, 0.15) is 5.75 Å². The summed E-state index contributed by atoms with van der Waals surface area (Å²) in [6.07, 6.45) is 0. The average Bonchev–Trinajstić information content (AvgIpc) is 2.41. The standard InChI is InChI=1S/C11H14BrClN2O3S.ClH/c1-18-10-6-8(12)11(7-9(10)13)19(16,17)15-4-2-14-3-5-15;/h6-7,14H,2-5H2,1H3;1H. The number of rotatable bonds is 3. The van der Waals surface area contributed by atoms with E-state index in [1.165, 1.54) is 17.5 Å². The molecule has 0 bridgehead atoms. The van der Waals surface area contributed by atoms with Crippen LogP contribution in [0, 0.1) is 0 Å². The molecule has 1 aliphatic heterocycles. The van der Waals surface area contributed by atoms with Gasteiger partial charge in [-0.05, 0) is 28.1 Å². The lowest BCUT2D eigenvalue weighted by Crippen LogP contribution is -2.46. The molecule has 0 unspecified atom stereocenters. The van der Waals surface area contributed by atoms with Gasteiger partial charge in [0.25, 0.3) is 0 Å². The van der Waals surface area contributed by atoms with Crippen molar-refractivity contribution in [2.75, 3.05) is 33.3 Å². The Hall–Kier alpha value is -0.0500. The Labute approximate surface area is 138 Å². The molecule has 1 aromatic carbocycles. The number of nitrogens with one attached hydrogen (secondary N) is 1. The molecule has 0 atom stereocenters. The SMILES string of the molecule is COc1cc(Br)c(S(=O)(=O)N2CCNCC2)cc1Cl.Cl. The zero-order valence-electron chi connectivity index (χ0n) is 10.7. The highest BCUT2D eigenvalue weighted by Crippen LogP contribution is 2.34. The highest BCUT2D eigenvalue weighted by atomic mass is 79.9. The van der Waals surface area contributed by atoms with E-state index in [2.05, 4.69) is 21.2 Å². The minimum atomic E-state index is -3.53. The first-order valence-electron chi connectivity index (χ1n) is 5.70. The lowest BCUT2D eigenvalue weighted by molar-refractivity contribution is 0.360. The molecule has 0 amide bonds. The van der Waals surface area contributed by atoms with E-state index in [-0.39, 0.29) is 22.3 Å². The normalized spacial score (nSPS) is 16.6. The molecule has 1 fully saturated rings. The third kappa shape index (κ3) is 3.58. The van der Waals surface area contributed by atoms with E-state index in [4.69, 9.17) is 16.3 Å². The van der Waals surface area contributed by atoms with Crippen LogP contribution in [0.25, 0.3) is 0 Å². The molecule has 0 spiro atoms. The van der Waals surface area contributed by atoms with Crippen molar-refractivity contribution in [2.45, 2.75) is 4.90 Å². The second-order valence-corrected chi connectivity index (χ2v) is 7.24. The van der Waals surface area contributed by atoms with E-state index in [1.807, 2.05) is 0 Å². The maximum absolute atomic E-state index is 12.5. The maximum Gasteiger partial charge on any atom is 0.244 e. The maximum atomic E-state index is 12.5. The Morgan fingerprint density at radius 3 is 2.50 bits per heavy atom. The highest BCUT2D eigenvalue weighted by molar-refractivity contribution is 9.10. The molecule has 114 valence electrons. The fourth-order valence-corrected chi connectivity index (χ4v) is 4.64. The summed E-state index contributed by atoms with van der Waals surface area (Å²) < 4.78 is 32.0. The molecule has 1 heterocycles. The Bertz CT molecular complexity index is 577. The number of ether oxygens (including phenoxy) is 1. The Kier molecular flexibility index (Phi) is 6.56. The lowest BCUT2D eigenvalue weighted by Gasteiger charge is -2.27. The minimum absolute atomic E-state index is 0. The number of benzene rings is 1. The van der Waals surface area contributed by atoms with Gasteiger partial charge in [-0.1, -0.05) is 11.6 Å². The summed E-state index contributed by atoms with van der Waals surface area (Å²) in [6, 6.07) is 2.99. The van der Waals surface area contributed by atoms with Crippen molar-refractivity contribution in [1.82, 2.24) is 9.62 Å². The first kappa shape index (κ1) is 18.0. The van der Waals surface area contributed by atoms with Crippen molar-refractivity contribution in [3.05, 3.63) is 21.6 Å². The van der Waals surface area contributed by atoms with Crippen LogP contribution in [-0.2, 0) is 10.0 Å². The van der Waals surface area contributed by atoms with Gasteiger partial charge >= 0.3 is 0 Å². The van der Waals surface area contributed by atoms with Crippen LogP contribution in [0.1, 0.15) is 0 Å². The molecule has 1 aliphatic rings. The van der Waals surface area contributed by atoms with Crippen LogP contribution in [0.15, 0.2) is 21.5 Å². The number of halogens is 3. The van der Waals surface area contributed by atoms with Crippen LogP contribution in [0.5, 0.6) is 5.75 Å². The second-order valence-electron chi connectivity index (χ2n) is 4.07. The summed E-state index contributed by atoms with van der Waals surface area (Å²) in [6.45, 7) is 2.22. The van der Waals surface area contributed by atoms with E-state index >= 15 is 0 Å². The average molecular weight is 406 g/mol. The summed E-state index contributed by atoms with van der Waals surface area (Å²) in [5, 5.41) is 3.40. The van der Waals surface area contributed by atoms with Gasteiger partial charge in [0.2, 0.25) is 10.0 Å². The second kappa shape index (κ2) is 7.29.